The predicted octanol–water partition coefficient (Wildman–Crippen LogP) is 2.35. The molecule has 6 heteroatoms. The average Bonchev–Trinajstić information content (AvgIpc) is 3.17. The zero-order valence-corrected chi connectivity index (χ0v) is 12.9. The maximum Gasteiger partial charge on any atom is 0.124 e. The molecule has 3 rings (SSSR count). The van der Waals surface area contributed by atoms with Crippen LogP contribution >= 0.6 is 15.9 Å². The van der Waals surface area contributed by atoms with Crippen molar-refractivity contribution in [3.8, 4) is 5.75 Å². The molecule has 1 saturated carbocycles. The Kier molecular flexibility index (Phi) is 4.03. The number of hydrogen-bond acceptors (Lipinski definition) is 4. The van der Waals surface area contributed by atoms with E-state index >= 15 is 0 Å². The molecular formula is C14H17BrN4O. The van der Waals surface area contributed by atoms with Gasteiger partial charge in [0.05, 0.1) is 25.5 Å². The number of nitrogens with one attached hydrogen (secondary N) is 1. The van der Waals surface area contributed by atoms with Crippen molar-refractivity contribution in [2.45, 2.75) is 32.0 Å². The van der Waals surface area contributed by atoms with Gasteiger partial charge < -0.3 is 10.1 Å². The van der Waals surface area contributed by atoms with Crippen molar-refractivity contribution >= 4 is 15.9 Å². The van der Waals surface area contributed by atoms with Crippen LogP contribution in [0.2, 0.25) is 0 Å². The van der Waals surface area contributed by atoms with Crippen LogP contribution in [0.3, 0.4) is 0 Å². The summed E-state index contributed by atoms with van der Waals surface area (Å²) in [4.78, 5) is 0. The Hall–Kier alpha value is -1.40. The number of benzene rings is 1. The molecule has 2 aromatic rings. The van der Waals surface area contributed by atoms with Gasteiger partial charge in [0.2, 0.25) is 0 Å². The second kappa shape index (κ2) is 5.93. The second-order valence-corrected chi connectivity index (χ2v) is 5.93. The van der Waals surface area contributed by atoms with E-state index in [2.05, 4.69) is 31.6 Å². The first-order valence-electron chi connectivity index (χ1n) is 6.69. The zero-order valence-electron chi connectivity index (χ0n) is 11.3. The Morgan fingerprint density at radius 1 is 1.45 bits per heavy atom. The van der Waals surface area contributed by atoms with Crippen molar-refractivity contribution in [3.63, 3.8) is 0 Å². The number of rotatable bonds is 6. The van der Waals surface area contributed by atoms with Crippen molar-refractivity contribution < 1.29 is 4.74 Å². The third-order valence-electron chi connectivity index (χ3n) is 3.31. The van der Waals surface area contributed by atoms with E-state index in [-0.39, 0.29) is 0 Å². The first-order chi connectivity index (χ1) is 9.74. The highest BCUT2D eigenvalue weighted by molar-refractivity contribution is 9.10. The van der Waals surface area contributed by atoms with Gasteiger partial charge in [-0.3, -0.25) is 0 Å². The molecule has 1 fully saturated rings. The molecule has 20 heavy (non-hydrogen) atoms. The third kappa shape index (κ3) is 3.37. The molecule has 5 nitrogen and oxygen atoms in total. The average molecular weight is 337 g/mol. The quantitative estimate of drug-likeness (QED) is 0.879. The standard InChI is InChI=1S/C14H17BrN4O/c1-20-14-5-2-11(15)6-10(14)8-19-9-13(17-18-19)7-16-12-3-4-12/h2,5-6,9,12,16H,3-4,7-8H2,1H3. The van der Waals surface area contributed by atoms with Gasteiger partial charge in [0.1, 0.15) is 5.75 Å². The predicted molar refractivity (Wildman–Crippen MR) is 79.7 cm³/mol. The van der Waals surface area contributed by atoms with E-state index in [4.69, 9.17) is 4.74 Å². The van der Waals surface area contributed by atoms with Crippen LogP contribution in [-0.2, 0) is 13.1 Å². The lowest BCUT2D eigenvalue weighted by Crippen LogP contribution is -2.15. The lowest BCUT2D eigenvalue weighted by atomic mass is 10.2. The Morgan fingerprint density at radius 3 is 3.05 bits per heavy atom. The first-order valence-corrected chi connectivity index (χ1v) is 7.48. The lowest BCUT2D eigenvalue weighted by molar-refractivity contribution is 0.407. The monoisotopic (exact) mass is 336 g/mol. The zero-order chi connectivity index (χ0) is 13.9. The summed E-state index contributed by atoms with van der Waals surface area (Å²) < 4.78 is 8.24. The van der Waals surface area contributed by atoms with E-state index in [0.29, 0.717) is 12.6 Å². The van der Waals surface area contributed by atoms with E-state index in [1.54, 1.807) is 7.11 Å². The minimum Gasteiger partial charge on any atom is -0.496 e. The van der Waals surface area contributed by atoms with Gasteiger partial charge in [-0.1, -0.05) is 21.1 Å². The Bertz CT molecular complexity index is 595. The maximum absolute atomic E-state index is 5.37. The van der Waals surface area contributed by atoms with Gasteiger partial charge >= 0.3 is 0 Å². The molecule has 0 amide bonds. The van der Waals surface area contributed by atoms with Crippen LogP contribution in [0.4, 0.5) is 0 Å². The number of ether oxygens (including phenoxy) is 1. The molecule has 1 aliphatic carbocycles. The highest BCUT2D eigenvalue weighted by Gasteiger charge is 2.20. The molecule has 0 bridgehead atoms. The number of halogens is 1. The molecule has 0 unspecified atom stereocenters. The van der Waals surface area contributed by atoms with Gasteiger partial charge in [-0.2, -0.15) is 0 Å². The molecule has 0 atom stereocenters. The van der Waals surface area contributed by atoms with Gasteiger partial charge in [-0.05, 0) is 31.0 Å². The van der Waals surface area contributed by atoms with Crippen LogP contribution in [0.5, 0.6) is 5.75 Å². The van der Waals surface area contributed by atoms with Crippen LogP contribution in [0.1, 0.15) is 24.1 Å². The summed E-state index contributed by atoms with van der Waals surface area (Å²) >= 11 is 3.48. The molecule has 1 aromatic carbocycles. The molecule has 1 N–H and O–H groups in total. The van der Waals surface area contributed by atoms with Crippen LogP contribution in [0, 0.1) is 0 Å². The third-order valence-corrected chi connectivity index (χ3v) is 3.80. The molecule has 0 radical (unpaired) electrons. The van der Waals surface area contributed by atoms with E-state index in [1.165, 1.54) is 12.8 Å². The summed E-state index contributed by atoms with van der Waals surface area (Å²) in [6.07, 6.45) is 4.54. The number of methoxy groups -OCH3 is 1. The van der Waals surface area contributed by atoms with Crippen LogP contribution < -0.4 is 10.1 Å². The van der Waals surface area contributed by atoms with Gasteiger partial charge in [0, 0.05) is 22.6 Å². The SMILES string of the molecule is COc1ccc(Br)cc1Cn1cc(CNC2CC2)nn1. The fraction of sp³-hybridized carbons (Fsp3) is 0.429. The Labute approximate surface area is 126 Å². The largest absolute Gasteiger partial charge is 0.496 e. The van der Waals surface area contributed by atoms with Crippen molar-refractivity contribution in [1.82, 2.24) is 20.3 Å². The van der Waals surface area contributed by atoms with Gasteiger partial charge in [-0.25, -0.2) is 4.68 Å². The molecular weight excluding hydrogens is 320 g/mol. The fourth-order valence-corrected chi connectivity index (χ4v) is 2.49. The number of nitrogens with zero attached hydrogens (tertiary/aromatic N) is 3. The summed E-state index contributed by atoms with van der Waals surface area (Å²) in [5.41, 5.74) is 2.05. The summed E-state index contributed by atoms with van der Waals surface area (Å²) in [6.45, 7) is 1.44. The molecule has 1 aliphatic rings. The molecule has 0 spiro atoms. The van der Waals surface area contributed by atoms with Gasteiger partial charge in [0.25, 0.3) is 0 Å². The van der Waals surface area contributed by atoms with Gasteiger partial charge in [-0.15, -0.1) is 5.10 Å². The van der Waals surface area contributed by atoms with E-state index in [0.717, 1.165) is 28.0 Å². The first kappa shape index (κ1) is 13.6. The Morgan fingerprint density at radius 2 is 2.30 bits per heavy atom. The highest BCUT2D eigenvalue weighted by atomic mass is 79.9. The van der Waals surface area contributed by atoms with E-state index < -0.39 is 0 Å². The molecule has 1 heterocycles. The van der Waals surface area contributed by atoms with Crippen molar-refractivity contribution in [1.29, 1.82) is 0 Å². The van der Waals surface area contributed by atoms with E-state index in [1.807, 2.05) is 29.1 Å². The van der Waals surface area contributed by atoms with Crippen molar-refractivity contribution in [2.75, 3.05) is 7.11 Å². The van der Waals surface area contributed by atoms with Crippen molar-refractivity contribution in [2.24, 2.45) is 0 Å². The lowest BCUT2D eigenvalue weighted by Gasteiger charge is -2.08. The fourth-order valence-electron chi connectivity index (χ4n) is 2.08. The van der Waals surface area contributed by atoms with Crippen LogP contribution in [0.15, 0.2) is 28.9 Å². The topological polar surface area (TPSA) is 52.0 Å². The number of aromatic nitrogens is 3. The second-order valence-electron chi connectivity index (χ2n) is 5.02. The maximum atomic E-state index is 5.37. The highest BCUT2D eigenvalue weighted by Crippen LogP contribution is 2.23. The smallest absolute Gasteiger partial charge is 0.124 e. The minimum atomic E-state index is 0.652. The van der Waals surface area contributed by atoms with Crippen LogP contribution in [-0.4, -0.2) is 28.1 Å². The molecule has 106 valence electrons. The summed E-state index contributed by atoms with van der Waals surface area (Å²) in [5, 5.41) is 11.8. The normalized spacial score (nSPS) is 14.5. The summed E-state index contributed by atoms with van der Waals surface area (Å²) in [5.74, 6) is 0.862. The van der Waals surface area contributed by atoms with E-state index in [9.17, 15) is 0 Å². The molecule has 0 aliphatic heterocycles. The van der Waals surface area contributed by atoms with Gasteiger partial charge in [0.15, 0.2) is 0 Å². The molecule has 0 saturated heterocycles. The van der Waals surface area contributed by atoms with Crippen molar-refractivity contribution in [3.05, 3.63) is 40.1 Å². The van der Waals surface area contributed by atoms with Crippen LogP contribution in [0.25, 0.3) is 0 Å². The number of hydrogen-bond donors (Lipinski definition) is 1. The summed E-state index contributed by atoms with van der Waals surface area (Å²) in [7, 11) is 1.68. The summed E-state index contributed by atoms with van der Waals surface area (Å²) in [6, 6.07) is 6.65. The molecule has 1 aromatic heterocycles. The minimum absolute atomic E-state index is 0.652. The Balaban J connectivity index is 1.68.